The zero-order chi connectivity index (χ0) is 16.4. The minimum atomic E-state index is -0.361. The van der Waals surface area contributed by atoms with E-state index in [-0.39, 0.29) is 5.97 Å². The molecule has 0 spiro atoms. The molecule has 0 aliphatic carbocycles. The average molecular weight is 304 g/mol. The smallest absolute Gasteiger partial charge is 0.338 e. The van der Waals surface area contributed by atoms with Gasteiger partial charge >= 0.3 is 5.97 Å². The van der Waals surface area contributed by atoms with Crippen molar-refractivity contribution in [1.29, 1.82) is 0 Å². The van der Waals surface area contributed by atoms with Crippen molar-refractivity contribution in [3.63, 3.8) is 0 Å². The average Bonchev–Trinajstić information content (AvgIpc) is 2.60. The number of esters is 1. The van der Waals surface area contributed by atoms with Crippen molar-refractivity contribution < 1.29 is 14.3 Å². The van der Waals surface area contributed by atoms with Gasteiger partial charge in [0.25, 0.3) is 0 Å². The van der Waals surface area contributed by atoms with Crippen LogP contribution >= 0.6 is 0 Å². The predicted octanol–water partition coefficient (Wildman–Crippen LogP) is 4.41. The number of fused-ring (bicyclic) bond motifs is 1. The lowest BCUT2D eigenvalue weighted by molar-refractivity contribution is 0.0600. The highest BCUT2D eigenvalue weighted by Gasteiger charge is 2.12. The monoisotopic (exact) mass is 304 g/mol. The first-order valence-corrected chi connectivity index (χ1v) is 7.31. The summed E-state index contributed by atoms with van der Waals surface area (Å²) in [6.07, 6.45) is 0.839. The molecule has 0 saturated carbocycles. The van der Waals surface area contributed by atoms with Gasteiger partial charge in [-0.25, -0.2) is 4.79 Å². The minimum Gasteiger partial charge on any atom is -0.465 e. The SMILES string of the molecule is COC(=O)c1cc(-c2cc(C=O)cc3ccccc23)ccc1C. The van der Waals surface area contributed by atoms with Crippen LogP contribution in [0.2, 0.25) is 0 Å². The second-order valence-corrected chi connectivity index (χ2v) is 5.43. The first-order valence-electron chi connectivity index (χ1n) is 7.31. The number of hydrogen-bond acceptors (Lipinski definition) is 3. The van der Waals surface area contributed by atoms with Crippen LogP contribution in [0.4, 0.5) is 0 Å². The molecule has 3 aromatic carbocycles. The van der Waals surface area contributed by atoms with Gasteiger partial charge in [0.2, 0.25) is 0 Å². The van der Waals surface area contributed by atoms with Crippen molar-refractivity contribution in [1.82, 2.24) is 0 Å². The van der Waals surface area contributed by atoms with Crippen molar-refractivity contribution in [2.75, 3.05) is 7.11 Å². The maximum absolute atomic E-state index is 11.9. The Morgan fingerprint density at radius 3 is 2.57 bits per heavy atom. The molecule has 3 aromatic rings. The van der Waals surface area contributed by atoms with E-state index in [0.29, 0.717) is 11.1 Å². The predicted molar refractivity (Wildman–Crippen MR) is 90.8 cm³/mol. The highest BCUT2D eigenvalue weighted by atomic mass is 16.5. The van der Waals surface area contributed by atoms with E-state index in [1.807, 2.05) is 61.5 Å². The Morgan fingerprint density at radius 1 is 1.04 bits per heavy atom. The first-order chi connectivity index (χ1) is 11.1. The molecule has 0 amide bonds. The van der Waals surface area contributed by atoms with Gasteiger partial charge in [-0.1, -0.05) is 36.4 Å². The van der Waals surface area contributed by atoms with E-state index in [4.69, 9.17) is 4.74 Å². The van der Waals surface area contributed by atoms with E-state index in [2.05, 4.69) is 0 Å². The van der Waals surface area contributed by atoms with Gasteiger partial charge in [0.15, 0.2) is 0 Å². The van der Waals surface area contributed by atoms with Crippen molar-refractivity contribution in [2.24, 2.45) is 0 Å². The summed E-state index contributed by atoms with van der Waals surface area (Å²) in [5.74, 6) is -0.361. The van der Waals surface area contributed by atoms with E-state index >= 15 is 0 Å². The molecule has 0 saturated heterocycles. The maximum atomic E-state index is 11.9. The quantitative estimate of drug-likeness (QED) is 0.531. The van der Waals surface area contributed by atoms with Gasteiger partial charge in [0, 0.05) is 5.56 Å². The molecule has 0 N–H and O–H groups in total. The van der Waals surface area contributed by atoms with Gasteiger partial charge < -0.3 is 4.74 Å². The summed E-state index contributed by atoms with van der Waals surface area (Å²) in [6, 6.07) is 17.3. The van der Waals surface area contributed by atoms with Crippen LogP contribution in [0.15, 0.2) is 54.6 Å². The summed E-state index contributed by atoms with van der Waals surface area (Å²) in [5.41, 5.74) is 3.81. The Bertz CT molecular complexity index is 910. The molecule has 23 heavy (non-hydrogen) atoms. The Morgan fingerprint density at radius 2 is 1.83 bits per heavy atom. The number of methoxy groups -OCH3 is 1. The fraction of sp³-hybridized carbons (Fsp3) is 0.100. The number of benzene rings is 3. The van der Waals surface area contributed by atoms with Crippen LogP contribution in [0.1, 0.15) is 26.3 Å². The normalized spacial score (nSPS) is 10.5. The topological polar surface area (TPSA) is 43.4 Å². The molecule has 114 valence electrons. The van der Waals surface area contributed by atoms with Crippen molar-refractivity contribution >= 4 is 23.0 Å². The molecule has 0 bridgehead atoms. The molecule has 0 radical (unpaired) electrons. The summed E-state index contributed by atoms with van der Waals surface area (Å²) in [5, 5.41) is 2.03. The summed E-state index contributed by atoms with van der Waals surface area (Å²) >= 11 is 0. The van der Waals surface area contributed by atoms with Gasteiger partial charge in [-0.05, 0) is 52.6 Å². The Balaban J connectivity index is 2.28. The van der Waals surface area contributed by atoms with E-state index in [1.54, 1.807) is 0 Å². The van der Waals surface area contributed by atoms with Gasteiger partial charge in [-0.15, -0.1) is 0 Å². The lowest BCUT2D eigenvalue weighted by Crippen LogP contribution is -2.04. The second kappa shape index (κ2) is 6.05. The van der Waals surface area contributed by atoms with Crippen LogP contribution in [0.5, 0.6) is 0 Å². The summed E-state index contributed by atoms with van der Waals surface area (Å²) < 4.78 is 4.85. The highest BCUT2D eigenvalue weighted by Crippen LogP contribution is 2.31. The molecule has 3 rings (SSSR count). The molecular formula is C20H16O3. The Hall–Kier alpha value is -2.94. The molecule has 0 fully saturated rings. The molecule has 0 aliphatic rings. The third kappa shape index (κ3) is 2.73. The molecular weight excluding hydrogens is 288 g/mol. The van der Waals surface area contributed by atoms with Gasteiger partial charge in [0.1, 0.15) is 6.29 Å². The van der Waals surface area contributed by atoms with E-state index in [1.165, 1.54) is 7.11 Å². The number of aryl methyl sites for hydroxylation is 1. The maximum Gasteiger partial charge on any atom is 0.338 e. The number of ether oxygens (including phenoxy) is 1. The number of carbonyl (C=O) groups is 2. The number of hydrogen-bond donors (Lipinski definition) is 0. The van der Waals surface area contributed by atoms with Crippen molar-refractivity contribution in [3.05, 3.63) is 71.3 Å². The number of rotatable bonds is 3. The Kier molecular flexibility index (Phi) is 3.94. The zero-order valence-electron chi connectivity index (χ0n) is 13.0. The molecule has 0 heterocycles. The molecule has 0 unspecified atom stereocenters. The van der Waals surface area contributed by atoms with E-state index in [0.717, 1.165) is 33.7 Å². The largest absolute Gasteiger partial charge is 0.465 e. The third-order valence-electron chi connectivity index (χ3n) is 3.97. The second-order valence-electron chi connectivity index (χ2n) is 5.43. The summed E-state index contributed by atoms with van der Waals surface area (Å²) in [4.78, 5) is 23.2. The van der Waals surface area contributed by atoms with Crippen LogP contribution in [0, 0.1) is 6.92 Å². The van der Waals surface area contributed by atoms with Crippen LogP contribution in [0.3, 0.4) is 0 Å². The van der Waals surface area contributed by atoms with Crippen molar-refractivity contribution in [2.45, 2.75) is 6.92 Å². The standard InChI is InChI=1S/C20H16O3/c1-13-7-8-16(11-18(13)20(22)23-2)19-10-14(12-21)9-15-5-3-4-6-17(15)19/h3-12H,1-2H3. The van der Waals surface area contributed by atoms with Gasteiger partial charge in [-0.2, -0.15) is 0 Å². The number of aldehydes is 1. The van der Waals surface area contributed by atoms with E-state index < -0.39 is 0 Å². The summed E-state index contributed by atoms with van der Waals surface area (Å²) in [7, 11) is 1.37. The van der Waals surface area contributed by atoms with Crippen LogP contribution in [-0.2, 0) is 4.74 Å². The lowest BCUT2D eigenvalue weighted by atomic mass is 9.93. The van der Waals surface area contributed by atoms with Crippen LogP contribution in [0.25, 0.3) is 21.9 Å². The van der Waals surface area contributed by atoms with Crippen LogP contribution < -0.4 is 0 Å². The molecule has 0 aliphatic heterocycles. The summed E-state index contributed by atoms with van der Waals surface area (Å²) in [6.45, 7) is 1.87. The van der Waals surface area contributed by atoms with Crippen LogP contribution in [-0.4, -0.2) is 19.4 Å². The molecule has 0 aromatic heterocycles. The van der Waals surface area contributed by atoms with Crippen molar-refractivity contribution in [3.8, 4) is 11.1 Å². The van der Waals surface area contributed by atoms with Gasteiger partial charge in [0.05, 0.1) is 12.7 Å². The van der Waals surface area contributed by atoms with E-state index in [9.17, 15) is 9.59 Å². The fourth-order valence-electron chi connectivity index (χ4n) is 2.76. The molecule has 3 nitrogen and oxygen atoms in total. The molecule has 3 heteroatoms. The lowest BCUT2D eigenvalue weighted by Gasteiger charge is -2.11. The fourth-order valence-corrected chi connectivity index (χ4v) is 2.76. The number of carbonyl (C=O) groups excluding carboxylic acids is 2. The minimum absolute atomic E-state index is 0.361. The highest BCUT2D eigenvalue weighted by molar-refractivity contribution is 6.01. The zero-order valence-corrected chi connectivity index (χ0v) is 13.0. The van der Waals surface area contributed by atoms with Gasteiger partial charge in [-0.3, -0.25) is 4.79 Å². The Labute approximate surface area is 134 Å². The third-order valence-corrected chi connectivity index (χ3v) is 3.97. The molecule has 0 atom stereocenters. The first kappa shape index (κ1) is 15.0.